The van der Waals surface area contributed by atoms with E-state index in [1.165, 1.54) is 0 Å². The Labute approximate surface area is 162 Å². The SMILES string of the molecule is CCc1cn2c(C(O)c3ccc(-c4ccccc4)c(C(=O)O)c3)cccc2n1. The van der Waals surface area contributed by atoms with Crippen molar-refractivity contribution >= 4 is 11.6 Å². The number of aliphatic hydroxyl groups excluding tert-OH is 1. The number of hydrogen-bond acceptors (Lipinski definition) is 3. The maximum atomic E-state index is 11.9. The lowest BCUT2D eigenvalue weighted by Gasteiger charge is -2.16. The molecule has 1 atom stereocenters. The Kier molecular flexibility index (Phi) is 4.67. The highest BCUT2D eigenvalue weighted by atomic mass is 16.4. The summed E-state index contributed by atoms with van der Waals surface area (Å²) in [5.41, 5.74) is 4.47. The molecule has 0 bridgehead atoms. The fraction of sp³-hybridized carbons (Fsp3) is 0.130. The second-order valence-corrected chi connectivity index (χ2v) is 6.64. The number of aromatic carboxylic acids is 1. The van der Waals surface area contributed by atoms with Crippen molar-refractivity contribution in [1.82, 2.24) is 9.38 Å². The van der Waals surface area contributed by atoms with Gasteiger partial charge in [0.15, 0.2) is 0 Å². The number of rotatable bonds is 5. The van der Waals surface area contributed by atoms with Gasteiger partial charge < -0.3 is 14.6 Å². The summed E-state index contributed by atoms with van der Waals surface area (Å²) in [6.07, 6.45) is 1.74. The van der Waals surface area contributed by atoms with Gasteiger partial charge in [0.25, 0.3) is 0 Å². The van der Waals surface area contributed by atoms with E-state index in [2.05, 4.69) is 4.98 Å². The zero-order valence-corrected chi connectivity index (χ0v) is 15.4. The minimum absolute atomic E-state index is 0.162. The molecule has 0 aliphatic carbocycles. The van der Waals surface area contributed by atoms with Crippen LogP contribution < -0.4 is 0 Å². The number of pyridine rings is 1. The summed E-state index contributed by atoms with van der Waals surface area (Å²) >= 11 is 0. The second-order valence-electron chi connectivity index (χ2n) is 6.64. The molecule has 0 spiro atoms. The third kappa shape index (κ3) is 3.17. The van der Waals surface area contributed by atoms with Crippen LogP contribution in [0.5, 0.6) is 0 Å². The van der Waals surface area contributed by atoms with Crippen LogP contribution in [0.15, 0.2) is 72.9 Å². The van der Waals surface area contributed by atoms with E-state index in [4.69, 9.17) is 0 Å². The summed E-state index contributed by atoms with van der Waals surface area (Å²) in [6.45, 7) is 2.03. The van der Waals surface area contributed by atoms with Crippen LogP contribution in [0.25, 0.3) is 16.8 Å². The van der Waals surface area contributed by atoms with Crippen molar-refractivity contribution in [3.63, 3.8) is 0 Å². The van der Waals surface area contributed by atoms with Crippen LogP contribution >= 0.6 is 0 Å². The van der Waals surface area contributed by atoms with Gasteiger partial charge in [-0.3, -0.25) is 0 Å². The molecule has 2 aromatic carbocycles. The molecule has 0 radical (unpaired) electrons. The number of aromatic nitrogens is 2. The smallest absolute Gasteiger partial charge is 0.336 e. The molecule has 0 saturated carbocycles. The second kappa shape index (κ2) is 7.29. The zero-order valence-electron chi connectivity index (χ0n) is 15.4. The van der Waals surface area contributed by atoms with Gasteiger partial charge in [0.05, 0.1) is 17.0 Å². The Balaban J connectivity index is 1.80. The molecule has 5 nitrogen and oxygen atoms in total. The van der Waals surface area contributed by atoms with Gasteiger partial charge in [-0.25, -0.2) is 9.78 Å². The van der Waals surface area contributed by atoms with E-state index < -0.39 is 12.1 Å². The number of hydrogen-bond donors (Lipinski definition) is 2. The Bertz CT molecular complexity index is 1150. The summed E-state index contributed by atoms with van der Waals surface area (Å²) in [5.74, 6) is -1.03. The van der Waals surface area contributed by atoms with Crippen molar-refractivity contribution in [3.8, 4) is 11.1 Å². The highest BCUT2D eigenvalue weighted by molar-refractivity contribution is 5.96. The quantitative estimate of drug-likeness (QED) is 0.546. The highest BCUT2D eigenvalue weighted by Gasteiger charge is 2.19. The number of aryl methyl sites for hydroxylation is 1. The normalized spacial score (nSPS) is 12.2. The summed E-state index contributed by atoms with van der Waals surface area (Å²) in [5, 5.41) is 20.7. The summed E-state index contributed by atoms with van der Waals surface area (Å²) < 4.78 is 1.86. The van der Waals surface area contributed by atoms with Gasteiger partial charge in [-0.15, -0.1) is 0 Å². The highest BCUT2D eigenvalue weighted by Crippen LogP contribution is 2.30. The van der Waals surface area contributed by atoms with E-state index in [0.29, 0.717) is 16.8 Å². The first kappa shape index (κ1) is 17.9. The van der Waals surface area contributed by atoms with E-state index in [1.807, 2.05) is 66.1 Å². The molecule has 0 saturated heterocycles. The first-order chi connectivity index (χ1) is 13.6. The molecule has 0 fully saturated rings. The number of fused-ring (bicyclic) bond motifs is 1. The van der Waals surface area contributed by atoms with Crippen LogP contribution in [0, 0.1) is 0 Å². The van der Waals surface area contributed by atoms with Crippen LogP contribution in [-0.4, -0.2) is 25.6 Å². The van der Waals surface area contributed by atoms with Gasteiger partial charge in [0, 0.05) is 6.20 Å². The largest absolute Gasteiger partial charge is 0.478 e. The Morgan fingerprint density at radius 2 is 1.86 bits per heavy atom. The van der Waals surface area contributed by atoms with Crippen molar-refractivity contribution in [2.45, 2.75) is 19.4 Å². The van der Waals surface area contributed by atoms with E-state index >= 15 is 0 Å². The summed E-state index contributed by atoms with van der Waals surface area (Å²) in [4.78, 5) is 16.4. The first-order valence-corrected chi connectivity index (χ1v) is 9.16. The van der Waals surface area contributed by atoms with Crippen LogP contribution in [0.2, 0.25) is 0 Å². The van der Waals surface area contributed by atoms with Gasteiger partial charge in [0.2, 0.25) is 0 Å². The molecule has 0 aliphatic heterocycles. The summed E-state index contributed by atoms with van der Waals surface area (Å²) in [6, 6.07) is 20.0. The molecule has 140 valence electrons. The minimum Gasteiger partial charge on any atom is -0.478 e. The molecule has 0 amide bonds. The van der Waals surface area contributed by atoms with Gasteiger partial charge in [0.1, 0.15) is 11.8 Å². The maximum Gasteiger partial charge on any atom is 0.336 e. The summed E-state index contributed by atoms with van der Waals surface area (Å²) in [7, 11) is 0. The van der Waals surface area contributed by atoms with Crippen molar-refractivity contribution in [3.05, 3.63) is 95.4 Å². The van der Waals surface area contributed by atoms with E-state index in [0.717, 1.165) is 23.3 Å². The fourth-order valence-electron chi connectivity index (χ4n) is 3.42. The van der Waals surface area contributed by atoms with Gasteiger partial charge >= 0.3 is 5.97 Å². The lowest BCUT2D eigenvalue weighted by Crippen LogP contribution is -2.08. The molecule has 2 aromatic heterocycles. The Hall–Kier alpha value is -3.44. The van der Waals surface area contributed by atoms with E-state index in [-0.39, 0.29) is 5.56 Å². The molecule has 4 rings (SSSR count). The number of carbonyl (C=O) groups is 1. The topological polar surface area (TPSA) is 74.8 Å². The zero-order chi connectivity index (χ0) is 19.7. The maximum absolute atomic E-state index is 11.9. The standard InChI is InChI=1S/C23H20N2O3/c1-2-17-14-25-20(9-6-10-21(25)24-17)22(26)16-11-12-18(19(13-16)23(27)28)15-7-4-3-5-8-15/h3-14,22,26H,2H2,1H3,(H,27,28). The third-order valence-corrected chi connectivity index (χ3v) is 4.89. The number of benzene rings is 2. The molecule has 2 N–H and O–H groups in total. The first-order valence-electron chi connectivity index (χ1n) is 9.16. The fourth-order valence-corrected chi connectivity index (χ4v) is 3.42. The van der Waals surface area contributed by atoms with Gasteiger partial charge in [-0.05, 0) is 41.3 Å². The molecular weight excluding hydrogens is 352 g/mol. The number of carboxylic acids is 1. The average Bonchev–Trinajstić information content (AvgIpc) is 3.17. The number of imidazole rings is 1. The third-order valence-electron chi connectivity index (χ3n) is 4.89. The van der Waals surface area contributed by atoms with E-state index in [1.54, 1.807) is 18.2 Å². The molecule has 4 aromatic rings. The van der Waals surface area contributed by atoms with Gasteiger partial charge in [-0.2, -0.15) is 0 Å². The van der Waals surface area contributed by atoms with Crippen molar-refractivity contribution in [2.24, 2.45) is 0 Å². The predicted molar refractivity (Wildman–Crippen MR) is 107 cm³/mol. The van der Waals surface area contributed by atoms with Crippen LogP contribution in [0.3, 0.4) is 0 Å². The monoisotopic (exact) mass is 372 g/mol. The van der Waals surface area contributed by atoms with E-state index in [9.17, 15) is 15.0 Å². The predicted octanol–water partition coefficient (Wildman–Crippen LogP) is 4.34. The molecule has 0 aliphatic rings. The molecule has 2 heterocycles. The molecular formula is C23H20N2O3. The average molecular weight is 372 g/mol. The van der Waals surface area contributed by atoms with Crippen LogP contribution in [0.4, 0.5) is 0 Å². The number of carboxylic acid groups (broad SMARTS) is 1. The van der Waals surface area contributed by atoms with Crippen molar-refractivity contribution < 1.29 is 15.0 Å². The Morgan fingerprint density at radius 1 is 1.07 bits per heavy atom. The minimum atomic E-state index is -1.03. The number of nitrogens with zero attached hydrogens (tertiary/aromatic N) is 2. The lowest BCUT2D eigenvalue weighted by molar-refractivity contribution is 0.0697. The van der Waals surface area contributed by atoms with Crippen molar-refractivity contribution in [2.75, 3.05) is 0 Å². The molecule has 28 heavy (non-hydrogen) atoms. The molecule has 1 unspecified atom stereocenters. The Morgan fingerprint density at radius 3 is 2.57 bits per heavy atom. The van der Waals surface area contributed by atoms with Crippen molar-refractivity contribution in [1.29, 1.82) is 0 Å². The van der Waals surface area contributed by atoms with Gasteiger partial charge in [-0.1, -0.05) is 55.5 Å². The molecule has 5 heteroatoms. The lowest BCUT2D eigenvalue weighted by atomic mass is 9.95. The number of aliphatic hydroxyl groups is 1. The van der Waals surface area contributed by atoms with Crippen LogP contribution in [-0.2, 0) is 6.42 Å². The van der Waals surface area contributed by atoms with Crippen LogP contribution in [0.1, 0.15) is 40.3 Å².